The fraction of sp³-hybridized carbons (Fsp3) is 0.619. The van der Waals surface area contributed by atoms with E-state index in [1.807, 2.05) is 32.9 Å². The van der Waals surface area contributed by atoms with E-state index in [1.165, 1.54) is 25.7 Å². The monoisotopic (exact) mass is 359 g/mol. The normalized spacial score (nSPS) is 16.8. The summed E-state index contributed by atoms with van der Waals surface area (Å²) < 4.78 is 0. The van der Waals surface area contributed by atoms with E-state index in [1.54, 1.807) is 12.1 Å². The predicted octanol–water partition coefficient (Wildman–Crippen LogP) is 2.74. The molecular weight excluding hydrogens is 326 g/mol. The van der Waals surface area contributed by atoms with E-state index in [0.717, 1.165) is 25.2 Å². The molecule has 1 aliphatic heterocycles. The van der Waals surface area contributed by atoms with Gasteiger partial charge in [-0.2, -0.15) is 0 Å². The second-order valence-corrected chi connectivity index (χ2v) is 7.61. The molecule has 0 radical (unpaired) electrons. The number of hydrogen-bond donors (Lipinski definition) is 2. The molecular formula is C21H33N3O2. The molecule has 5 nitrogen and oxygen atoms in total. The Hall–Kier alpha value is -1.88. The van der Waals surface area contributed by atoms with E-state index in [2.05, 4.69) is 15.5 Å². The van der Waals surface area contributed by atoms with Crippen molar-refractivity contribution in [1.29, 1.82) is 0 Å². The van der Waals surface area contributed by atoms with Crippen LogP contribution in [0.5, 0.6) is 0 Å². The van der Waals surface area contributed by atoms with Crippen LogP contribution >= 0.6 is 0 Å². The molecule has 2 rings (SSSR count). The number of nitrogens with one attached hydrogen (secondary N) is 2. The first kappa shape index (κ1) is 20.4. The van der Waals surface area contributed by atoms with E-state index in [0.29, 0.717) is 12.1 Å². The molecule has 2 N–H and O–H groups in total. The largest absolute Gasteiger partial charge is 0.353 e. The van der Waals surface area contributed by atoms with Crippen molar-refractivity contribution in [2.45, 2.75) is 52.5 Å². The second-order valence-electron chi connectivity index (χ2n) is 7.61. The third kappa shape index (κ3) is 6.45. The maximum Gasteiger partial charge on any atom is 0.251 e. The van der Waals surface area contributed by atoms with Gasteiger partial charge in [-0.25, -0.2) is 0 Å². The van der Waals surface area contributed by atoms with Crippen LogP contribution in [0, 0.1) is 12.8 Å². The number of amides is 2. The molecule has 26 heavy (non-hydrogen) atoms. The first-order chi connectivity index (χ1) is 12.5. The number of hydrogen-bond acceptors (Lipinski definition) is 3. The lowest BCUT2D eigenvalue weighted by Gasteiger charge is -2.24. The number of nitrogens with zero attached hydrogens (tertiary/aromatic N) is 1. The lowest BCUT2D eigenvalue weighted by atomic mass is 10.0. The molecule has 1 unspecified atom stereocenters. The van der Waals surface area contributed by atoms with Gasteiger partial charge in [0.15, 0.2) is 0 Å². The summed E-state index contributed by atoms with van der Waals surface area (Å²) >= 11 is 0. The van der Waals surface area contributed by atoms with Crippen molar-refractivity contribution < 1.29 is 9.59 Å². The van der Waals surface area contributed by atoms with Gasteiger partial charge in [0, 0.05) is 18.7 Å². The highest BCUT2D eigenvalue weighted by molar-refractivity contribution is 5.97. The highest BCUT2D eigenvalue weighted by Gasteiger charge is 2.24. The van der Waals surface area contributed by atoms with Crippen LogP contribution < -0.4 is 10.6 Å². The maximum absolute atomic E-state index is 12.6. The Kier molecular flexibility index (Phi) is 8.10. The van der Waals surface area contributed by atoms with Crippen molar-refractivity contribution in [3.05, 3.63) is 35.4 Å². The van der Waals surface area contributed by atoms with E-state index in [9.17, 15) is 9.59 Å². The van der Waals surface area contributed by atoms with Crippen molar-refractivity contribution in [1.82, 2.24) is 15.5 Å². The van der Waals surface area contributed by atoms with Gasteiger partial charge in [-0.05, 0) is 50.9 Å². The highest BCUT2D eigenvalue weighted by atomic mass is 16.2. The zero-order valence-corrected chi connectivity index (χ0v) is 16.4. The van der Waals surface area contributed by atoms with E-state index < -0.39 is 6.04 Å². The standard InChI is InChI=1S/C21H33N3O2/c1-16(2)19(23-20(25)18-10-8-17(3)9-11-18)21(26)22-12-15-24-13-6-4-5-7-14-24/h8-11,16,19H,4-7,12-15H2,1-3H3,(H,22,26)(H,23,25). The van der Waals surface area contributed by atoms with Gasteiger partial charge in [0.05, 0.1) is 0 Å². The summed E-state index contributed by atoms with van der Waals surface area (Å²) in [6.07, 6.45) is 5.11. The van der Waals surface area contributed by atoms with Gasteiger partial charge >= 0.3 is 0 Å². The molecule has 1 aliphatic rings. The van der Waals surface area contributed by atoms with Gasteiger partial charge in [-0.1, -0.05) is 44.4 Å². The van der Waals surface area contributed by atoms with Crippen molar-refractivity contribution in [3.63, 3.8) is 0 Å². The summed E-state index contributed by atoms with van der Waals surface area (Å²) in [6, 6.07) is 6.87. The Balaban J connectivity index is 1.84. The van der Waals surface area contributed by atoms with Gasteiger partial charge in [0.2, 0.25) is 5.91 Å². The summed E-state index contributed by atoms with van der Waals surface area (Å²) in [5.41, 5.74) is 1.69. The molecule has 0 spiro atoms. The summed E-state index contributed by atoms with van der Waals surface area (Å²) in [5, 5.41) is 5.89. The number of carbonyl (C=O) groups is 2. The molecule has 0 aliphatic carbocycles. The number of rotatable bonds is 7. The summed E-state index contributed by atoms with van der Waals surface area (Å²) in [7, 11) is 0. The minimum Gasteiger partial charge on any atom is -0.353 e. The van der Waals surface area contributed by atoms with Crippen molar-refractivity contribution in [2.75, 3.05) is 26.2 Å². The van der Waals surface area contributed by atoms with Crippen LogP contribution in [-0.4, -0.2) is 48.9 Å². The first-order valence-electron chi connectivity index (χ1n) is 9.85. The summed E-state index contributed by atoms with van der Waals surface area (Å²) in [4.78, 5) is 27.4. The van der Waals surface area contributed by atoms with Gasteiger partial charge in [-0.3, -0.25) is 9.59 Å². The molecule has 1 saturated heterocycles. The molecule has 1 fully saturated rings. The van der Waals surface area contributed by atoms with E-state index >= 15 is 0 Å². The van der Waals surface area contributed by atoms with Crippen molar-refractivity contribution in [3.8, 4) is 0 Å². The zero-order chi connectivity index (χ0) is 18.9. The van der Waals surface area contributed by atoms with E-state index in [-0.39, 0.29) is 17.7 Å². The highest BCUT2D eigenvalue weighted by Crippen LogP contribution is 2.09. The van der Waals surface area contributed by atoms with Crippen LogP contribution in [-0.2, 0) is 4.79 Å². The topological polar surface area (TPSA) is 61.4 Å². The Labute approximate surface area is 157 Å². The zero-order valence-electron chi connectivity index (χ0n) is 16.4. The number of carbonyl (C=O) groups excluding carboxylic acids is 2. The Morgan fingerprint density at radius 1 is 1.04 bits per heavy atom. The molecule has 0 saturated carbocycles. The Morgan fingerprint density at radius 2 is 1.65 bits per heavy atom. The van der Waals surface area contributed by atoms with Gasteiger partial charge < -0.3 is 15.5 Å². The third-order valence-corrected chi connectivity index (χ3v) is 4.98. The Morgan fingerprint density at radius 3 is 2.23 bits per heavy atom. The predicted molar refractivity (Wildman–Crippen MR) is 105 cm³/mol. The molecule has 1 aromatic rings. The minimum absolute atomic E-state index is 0.0302. The van der Waals surface area contributed by atoms with Crippen LogP contribution in [0.25, 0.3) is 0 Å². The molecule has 0 bridgehead atoms. The van der Waals surface area contributed by atoms with Gasteiger partial charge in [-0.15, -0.1) is 0 Å². The van der Waals surface area contributed by atoms with Crippen LogP contribution in [0.4, 0.5) is 0 Å². The average molecular weight is 360 g/mol. The summed E-state index contributed by atoms with van der Waals surface area (Å²) in [6.45, 7) is 9.63. The average Bonchev–Trinajstić information content (AvgIpc) is 2.88. The van der Waals surface area contributed by atoms with Crippen molar-refractivity contribution >= 4 is 11.8 Å². The van der Waals surface area contributed by atoms with Crippen molar-refractivity contribution in [2.24, 2.45) is 5.92 Å². The quantitative estimate of drug-likeness (QED) is 0.787. The van der Waals surface area contributed by atoms with Gasteiger partial charge in [0.25, 0.3) is 5.91 Å². The molecule has 0 aromatic heterocycles. The second kappa shape index (κ2) is 10.3. The maximum atomic E-state index is 12.6. The Bertz CT molecular complexity index is 575. The first-order valence-corrected chi connectivity index (χ1v) is 9.85. The lowest BCUT2D eigenvalue weighted by Crippen LogP contribution is -2.50. The number of likely N-dealkylation sites (tertiary alicyclic amines) is 1. The fourth-order valence-corrected chi connectivity index (χ4v) is 3.27. The number of aryl methyl sites for hydroxylation is 1. The van der Waals surface area contributed by atoms with Crippen LogP contribution in [0.3, 0.4) is 0 Å². The molecule has 1 heterocycles. The molecule has 1 atom stereocenters. The molecule has 144 valence electrons. The molecule has 5 heteroatoms. The lowest BCUT2D eigenvalue weighted by molar-refractivity contribution is -0.124. The third-order valence-electron chi connectivity index (χ3n) is 4.98. The SMILES string of the molecule is Cc1ccc(C(=O)NC(C(=O)NCCN2CCCCCC2)C(C)C)cc1. The van der Waals surface area contributed by atoms with Crippen LogP contribution in [0.15, 0.2) is 24.3 Å². The van der Waals surface area contributed by atoms with Crippen LogP contribution in [0.1, 0.15) is 55.5 Å². The van der Waals surface area contributed by atoms with Gasteiger partial charge in [0.1, 0.15) is 6.04 Å². The summed E-state index contributed by atoms with van der Waals surface area (Å²) in [5.74, 6) is -0.274. The van der Waals surface area contributed by atoms with Crippen LogP contribution in [0.2, 0.25) is 0 Å². The smallest absolute Gasteiger partial charge is 0.251 e. The number of benzene rings is 1. The molecule has 1 aromatic carbocycles. The van der Waals surface area contributed by atoms with E-state index in [4.69, 9.17) is 0 Å². The minimum atomic E-state index is -0.520. The fourth-order valence-electron chi connectivity index (χ4n) is 3.27. The molecule has 2 amide bonds.